The van der Waals surface area contributed by atoms with Gasteiger partial charge >= 0.3 is 18.0 Å². The average molecular weight is 456 g/mol. The number of pyridine rings is 1. The van der Waals surface area contributed by atoms with Crippen LogP contribution >= 0.6 is 11.9 Å². The van der Waals surface area contributed by atoms with E-state index >= 15 is 0 Å². The summed E-state index contributed by atoms with van der Waals surface area (Å²) in [5.74, 6) is -2.98. The number of para-hydroxylation sites is 1. The maximum Gasteiger partial charge on any atom is 0.414 e. The summed E-state index contributed by atoms with van der Waals surface area (Å²) in [6.45, 7) is 0.634. The summed E-state index contributed by atoms with van der Waals surface area (Å²) >= 11 is 1.64. The molecule has 3 N–H and O–H groups in total. The van der Waals surface area contributed by atoms with E-state index in [0.717, 1.165) is 16.6 Å². The third kappa shape index (κ3) is 4.89. The minimum absolute atomic E-state index is 0.0720. The third-order valence-electron chi connectivity index (χ3n) is 4.72. The summed E-state index contributed by atoms with van der Waals surface area (Å²) in [6, 6.07) is 11.1. The number of carboxylic acid groups (broad SMARTS) is 2. The van der Waals surface area contributed by atoms with Crippen LogP contribution in [-0.2, 0) is 9.59 Å². The predicted octanol–water partition coefficient (Wildman–Crippen LogP) is 2.35. The normalized spacial score (nSPS) is 15.0. The molecule has 4 rings (SSSR count). The third-order valence-corrected chi connectivity index (χ3v) is 5.94. The Kier molecular flexibility index (Phi) is 7.11. The lowest BCUT2D eigenvalue weighted by Gasteiger charge is -2.15. The van der Waals surface area contributed by atoms with Crippen molar-refractivity contribution in [3.05, 3.63) is 60.6 Å². The number of aliphatic carboxylic acids is 2. The van der Waals surface area contributed by atoms with Crippen molar-refractivity contribution in [1.82, 2.24) is 14.9 Å². The molecule has 1 amide bonds. The first-order valence-electron chi connectivity index (χ1n) is 9.46. The van der Waals surface area contributed by atoms with Crippen LogP contribution in [0, 0.1) is 5.92 Å². The number of carboxylic acids is 2. The van der Waals surface area contributed by atoms with Gasteiger partial charge in [0.2, 0.25) is 0 Å². The molecule has 1 aromatic carbocycles. The highest BCUT2D eigenvalue weighted by Crippen LogP contribution is 2.34. The zero-order valence-corrected chi connectivity index (χ0v) is 17.8. The van der Waals surface area contributed by atoms with Crippen LogP contribution in [0.3, 0.4) is 0 Å². The van der Waals surface area contributed by atoms with Gasteiger partial charge in [-0.1, -0.05) is 18.2 Å². The predicted molar refractivity (Wildman–Crippen MR) is 119 cm³/mol. The Hall–Kier alpha value is -3.86. The first-order valence-corrected chi connectivity index (χ1v) is 10.4. The summed E-state index contributed by atoms with van der Waals surface area (Å²) in [7, 11) is 1.58. The molecule has 0 bridgehead atoms. The molecule has 1 fully saturated rings. The molecule has 166 valence electrons. The van der Waals surface area contributed by atoms with Gasteiger partial charge in [0.05, 0.1) is 23.3 Å². The van der Waals surface area contributed by atoms with Crippen LogP contribution in [0.4, 0.5) is 10.5 Å². The number of hydrogen-bond acceptors (Lipinski definition) is 7. The number of carbonyl (C=O) groups excluding carboxylic acids is 2. The number of benzene rings is 1. The molecule has 10 nitrogen and oxygen atoms in total. The summed E-state index contributed by atoms with van der Waals surface area (Å²) in [5.41, 5.74) is 2.34. The molecule has 1 aliphatic rings. The van der Waals surface area contributed by atoms with Crippen LogP contribution in [-0.4, -0.2) is 62.9 Å². The number of amides is 1. The topological polar surface area (TPSA) is 142 Å². The molecule has 0 spiro atoms. The largest absolute Gasteiger partial charge is 0.473 e. The molecule has 11 heteroatoms. The first kappa shape index (κ1) is 22.8. The van der Waals surface area contributed by atoms with E-state index in [9.17, 15) is 9.59 Å². The Morgan fingerprint density at radius 2 is 1.81 bits per heavy atom. The summed E-state index contributed by atoms with van der Waals surface area (Å²) in [5, 5.41) is 18.2. The van der Waals surface area contributed by atoms with Crippen molar-refractivity contribution >= 4 is 52.3 Å². The Labute approximate surface area is 187 Å². The van der Waals surface area contributed by atoms with Gasteiger partial charge in [0.15, 0.2) is 5.78 Å². The lowest BCUT2D eigenvalue weighted by molar-refractivity contribution is -0.159. The highest BCUT2D eigenvalue weighted by Gasteiger charge is 2.32. The fourth-order valence-electron chi connectivity index (χ4n) is 3.21. The first-order chi connectivity index (χ1) is 15.3. The van der Waals surface area contributed by atoms with Gasteiger partial charge in [-0.2, -0.15) is 0 Å². The Morgan fingerprint density at radius 3 is 2.44 bits per heavy atom. The lowest BCUT2D eigenvalue weighted by Crippen LogP contribution is -2.24. The molecule has 32 heavy (non-hydrogen) atoms. The zero-order chi connectivity index (χ0) is 23.3. The van der Waals surface area contributed by atoms with E-state index in [2.05, 4.69) is 14.6 Å². The Bertz CT molecular complexity index is 1150. The van der Waals surface area contributed by atoms with Gasteiger partial charge in [0, 0.05) is 42.7 Å². The fraction of sp³-hybridized carbons (Fsp3) is 0.190. The molecule has 0 saturated carbocycles. The van der Waals surface area contributed by atoms with E-state index < -0.39 is 11.9 Å². The van der Waals surface area contributed by atoms with Crippen molar-refractivity contribution in [3.8, 4) is 0 Å². The van der Waals surface area contributed by atoms with Crippen molar-refractivity contribution in [3.63, 3.8) is 0 Å². The number of nitrogens with one attached hydrogen (secondary N) is 1. The SMILES string of the molecule is CNC(=O)n1cc(C(=O)C2CSN(c3cccnc3)C2)c2ccccc21.O=C(O)C(=O)O. The highest BCUT2D eigenvalue weighted by molar-refractivity contribution is 8.00. The molecule has 1 saturated heterocycles. The molecule has 1 aliphatic heterocycles. The standard InChI is InChI=1S/C19H18N4O2S.C2H2O4/c1-20-19(25)22-11-16(15-6-2-3-7-17(15)22)18(24)13-10-23(26-12-13)14-5-4-8-21-9-14;3-1(4)2(5)6/h2-9,11,13H,10,12H2,1H3,(H,20,25);(H,3,4)(H,5,6). The number of fused-ring (bicyclic) bond motifs is 1. The fourth-order valence-corrected chi connectivity index (χ4v) is 4.37. The second kappa shape index (κ2) is 9.96. The summed E-state index contributed by atoms with van der Waals surface area (Å²) < 4.78 is 3.61. The second-order valence-electron chi connectivity index (χ2n) is 6.72. The van der Waals surface area contributed by atoms with Crippen molar-refractivity contribution in [1.29, 1.82) is 0 Å². The average Bonchev–Trinajstić information content (AvgIpc) is 3.45. The van der Waals surface area contributed by atoms with Gasteiger partial charge in [0.1, 0.15) is 0 Å². The molecule has 1 atom stereocenters. The van der Waals surface area contributed by atoms with Crippen molar-refractivity contribution < 1.29 is 29.4 Å². The van der Waals surface area contributed by atoms with Crippen molar-refractivity contribution in [2.24, 2.45) is 5.92 Å². The minimum Gasteiger partial charge on any atom is -0.473 e. The maximum absolute atomic E-state index is 13.2. The molecular weight excluding hydrogens is 436 g/mol. The lowest BCUT2D eigenvalue weighted by atomic mass is 9.98. The minimum atomic E-state index is -1.82. The monoisotopic (exact) mass is 456 g/mol. The van der Waals surface area contributed by atoms with Gasteiger partial charge in [-0.15, -0.1) is 0 Å². The van der Waals surface area contributed by atoms with Crippen LogP contribution in [0.5, 0.6) is 0 Å². The van der Waals surface area contributed by atoms with E-state index in [-0.39, 0.29) is 17.7 Å². The van der Waals surface area contributed by atoms with Gasteiger partial charge in [0.25, 0.3) is 0 Å². The molecule has 2 aromatic heterocycles. The smallest absolute Gasteiger partial charge is 0.414 e. The number of ketones is 1. The van der Waals surface area contributed by atoms with E-state index in [1.165, 1.54) is 4.57 Å². The number of carbonyl (C=O) groups is 4. The van der Waals surface area contributed by atoms with Gasteiger partial charge in [-0.25, -0.2) is 14.4 Å². The molecule has 3 heterocycles. The highest BCUT2D eigenvalue weighted by atomic mass is 32.2. The molecule has 0 radical (unpaired) electrons. The van der Waals surface area contributed by atoms with Crippen molar-refractivity contribution in [2.75, 3.05) is 23.7 Å². The number of anilines is 1. The Morgan fingerprint density at radius 1 is 1.09 bits per heavy atom. The number of Topliss-reactive ketones (excluding diaryl/α,β-unsaturated/α-hetero) is 1. The molecule has 0 aliphatic carbocycles. The molecule has 3 aromatic rings. The van der Waals surface area contributed by atoms with E-state index in [4.69, 9.17) is 19.8 Å². The van der Waals surface area contributed by atoms with Gasteiger partial charge in [-0.3, -0.25) is 14.3 Å². The summed E-state index contributed by atoms with van der Waals surface area (Å²) in [6.07, 6.45) is 5.20. The van der Waals surface area contributed by atoms with Crippen LogP contribution in [0.1, 0.15) is 10.4 Å². The van der Waals surface area contributed by atoms with Crippen LogP contribution in [0.25, 0.3) is 10.9 Å². The molecule has 1 unspecified atom stereocenters. The zero-order valence-electron chi connectivity index (χ0n) is 17.0. The van der Waals surface area contributed by atoms with Gasteiger partial charge < -0.3 is 19.8 Å². The van der Waals surface area contributed by atoms with Crippen LogP contribution < -0.4 is 9.62 Å². The van der Waals surface area contributed by atoms with E-state index in [1.54, 1.807) is 37.6 Å². The number of rotatable bonds is 3. The van der Waals surface area contributed by atoms with E-state index in [0.29, 0.717) is 17.9 Å². The van der Waals surface area contributed by atoms with Gasteiger partial charge in [-0.05, 0) is 30.1 Å². The number of aromatic nitrogens is 2. The number of hydrogen-bond donors (Lipinski definition) is 3. The van der Waals surface area contributed by atoms with Crippen LogP contribution in [0.2, 0.25) is 0 Å². The quantitative estimate of drug-likeness (QED) is 0.307. The van der Waals surface area contributed by atoms with E-state index in [1.807, 2.05) is 36.4 Å². The second-order valence-corrected chi connectivity index (χ2v) is 7.76. The Balaban J connectivity index is 0.000000427. The number of nitrogens with zero attached hydrogens (tertiary/aromatic N) is 3. The van der Waals surface area contributed by atoms with Crippen molar-refractivity contribution in [2.45, 2.75) is 0 Å². The molecular formula is C21H20N4O6S. The van der Waals surface area contributed by atoms with Crippen LogP contribution in [0.15, 0.2) is 55.0 Å². The summed E-state index contributed by atoms with van der Waals surface area (Å²) in [4.78, 5) is 47.6. The maximum atomic E-state index is 13.2.